The van der Waals surface area contributed by atoms with Crippen molar-refractivity contribution in [1.82, 2.24) is 15.1 Å². The lowest BCUT2D eigenvalue weighted by molar-refractivity contribution is -0.130. The zero-order chi connectivity index (χ0) is 8.72. The van der Waals surface area contributed by atoms with Gasteiger partial charge >= 0.3 is 0 Å². The van der Waals surface area contributed by atoms with Crippen molar-refractivity contribution >= 4 is 5.91 Å². The number of fused-ring (bicyclic) bond motifs is 1. The molecule has 1 aliphatic heterocycles. The van der Waals surface area contributed by atoms with Crippen LogP contribution >= 0.6 is 0 Å². The van der Waals surface area contributed by atoms with E-state index in [9.17, 15) is 4.79 Å². The van der Waals surface area contributed by atoms with Crippen LogP contribution in [0, 0.1) is 6.92 Å². The monoisotopic (exact) mass is 165 g/mol. The Balaban J connectivity index is 2.43. The fourth-order valence-corrected chi connectivity index (χ4v) is 1.47. The zero-order valence-electron chi connectivity index (χ0n) is 7.22. The van der Waals surface area contributed by atoms with Gasteiger partial charge < -0.3 is 4.90 Å². The van der Waals surface area contributed by atoms with E-state index in [1.165, 1.54) is 5.56 Å². The number of hydrogen-bond acceptors (Lipinski definition) is 2. The molecule has 4 nitrogen and oxygen atoms in total. The van der Waals surface area contributed by atoms with Crippen LogP contribution in [-0.2, 0) is 17.8 Å². The van der Waals surface area contributed by atoms with Crippen LogP contribution in [0.1, 0.15) is 17.0 Å². The zero-order valence-corrected chi connectivity index (χ0v) is 7.22. The van der Waals surface area contributed by atoms with Crippen LogP contribution in [-0.4, -0.2) is 28.1 Å². The molecule has 1 amide bonds. The molecule has 1 aromatic heterocycles. The number of carbonyl (C=O) groups excluding carboxylic acids is 1. The minimum absolute atomic E-state index is 0.158. The number of aromatic amines is 1. The van der Waals surface area contributed by atoms with Gasteiger partial charge in [0.05, 0.1) is 12.1 Å². The van der Waals surface area contributed by atoms with E-state index in [-0.39, 0.29) is 5.91 Å². The van der Waals surface area contributed by atoms with E-state index in [2.05, 4.69) is 10.2 Å². The second-order valence-corrected chi connectivity index (χ2v) is 3.19. The van der Waals surface area contributed by atoms with Crippen molar-refractivity contribution in [2.45, 2.75) is 19.9 Å². The summed E-state index contributed by atoms with van der Waals surface area (Å²) < 4.78 is 0. The normalized spacial score (nSPS) is 16.5. The van der Waals surface area contributed by atoms with Gasteiger partial charge in [-0.25, -0.2) is 0 Å². The third kappa shape index (κ3) is 0.913. The molecule has 1 aromatic rings. The first-order chi connectivity index (χ1) is 5.68. The molecule has 0 saturated heterocycles. The lowest BCUT2D eigenvalue weighted by Gasteiger charge is -2.22. The Morgan fingerprint density at radius 2 is 2.33 bits per heavy atom. The standard InChI is InChI=1S/C8H11N3O/c1-5-6-4-11(2)8(12)3-7(6)10-9-5/h3-4H2,1-2H3,(H,9,10). The summed E-state index contributed by atoms with van der Waals surface area (Å²) in [6.45, 7) is 2.65. The van der Waals surface area contributed by atoms with Gasteiger partial charge in [0.25, 0.3) is 0 Å². The van der Waals surface area contributed by atoms with Gasteiger partial charge in [0, 0.05) is 24.8 Å². The molecule has 2 rings (SSSR count). The van der Waals surface area contributed by atoms with Crippen molar-refractivity contribution in [1.29, 1.82) is 0 Å². The molecule has 0 unspecified atom stereocenters. The summed E-state index contributed by atoms with van der Waals surface area (Å²) in [6, 6.07) is 0. The number of rotatable bonds is 0. The molecule has 12 heavy (non-hydrogen) atoms. The maximum atomic E-state index is 11.2. The van der Waals surface area contributed by atoms with Crippen molar-refractivity contribution in [2.24, 2.45) is 0 Å². The highest BCUT2D eigenvalue weighted by molar-refractivity contribution is 5.80. The predicted molar refractivity (Wildman–Crippen MR) is 43.5 cm³/mol. The fraction of sp³-hybridized carbons (Fsp3) is 0.500. The molecule has 0 radical (unpaired) electrons. The Morgan fingerprint density at radius 3 is 3.08 bits per heavy atom. The van der Waals surface area contributed by atoms with E-state index in [1.807, 2.05) is 14.0 Å². The highest BCUT2D eigenvalue weighted by atomic mass is 16.2. The van der Waals surface area contributed by atoms with Gasteiger partial charge in [-0.05, 0) is 6.92 Å². The van der Waals surface area contributed by atoms with E-state index in [4.69, 9.17) is 0 Å². The maximum Gasteiger partial charge on any atom is 0.228 e. The Bertz CT molecular complexity index is 329. The summed E-state index contributed by atoms with van der Waals surface area (Å²) >= 11 is 0. The van der Waals surface area contributed by atoms with Crippen molar-refractivity contribution in [3.63, 3.8) is 0 Å². The van der Waals surface area contributed by atoms with E-state index in [1.54, 1.807) is 4.90 Å². The van der Waals surface area contributed by atoms with E-state index in [0.29, 0.717) is 13.0 Å². The average Bonchev–Trinajstić information content (AvgIpc) is 2.35. The van der Waals surface area contributed by atoms with Crippen molar-refractivity contribution < 1.29 is 4.79 Å². The summed E-state index contributed by atoms with van der Waals surface area (Å²) in [7, 11) is 1.82. The molecule has 0 fully saturated rings. The highest BCUT2D eigenvalue weighted by Crippen LogP contribution is 2.18. The molecular weight excluding hydrogens is 154 g/mol. The van der Waals surface area contributed by atoms with Crippen LogP contribution in [0.15, 0.2) is 0 Å². The number of H-pyrrole nitrogens is 1. The van der Waals surface area contributed by atoms with Crippen LogP contribution in [0.5, 0.6) is 0 Å². The van der Waals surface area contributed by atoms with Gasteiger partial charge in [-0.15, -0.1) is 0 Å². The molecule has 2 heterocycles. The van der Waals surface area contributed by atoms with Gasteiger partial charge in [-0.3, -0.25) is 9.89 Å². The Kier molecular flexibility index (Phi) is 1.43. The molecule has 0 aliphatic carbocycles. The number of hydrogen-bond donors (Lipinski definition) is 1. The smallest absolute Gasteiger partial charge is 0.228 e. The lowest BCUT2D eigenvalue weighted by atomic mass is 10.1. The molecule has 0 atom stereocenters. The number of aryl methyl sites for hydroxylation is 1. The minimum atomic E-state index is 0.158. The maximum absolute atomic E-state index is 11.2. The van der Waals surface area contributed by atoms with Crippen LogP contribution in [0.3, 0.4) is 0 Å². The number of carbonyl (C=O) groups is 1. The van der Waals surface area contributed by atoms with Crippen LogP contribution in [0.25, 0.3) is 0 Å². The van der Waals surface area contributed by atoms with Crippen molar-refractivity contribution in [2.75, 3.05) is 7.05 Å². The minimum Gasteiger partial charge on any atom is -0.341 e. The molecule has 1 aliphatic rings. The number of amides is 1. The fourth-order valence-electron chi connectivity index (χ4n) is 1.47. The van der Waals surface area contributed by atoms with E-state index < -0.39 is 0 Å². The SMILES string of the molecule is Cc1n[nH]c2c1CN(C)C(=O)C2. The van der Waals surface area contributed by atoms with Gasteiger partial charge in [0.2, 0.25) is 5.91 Å². The Hall–Kier alpha value is -1.32. The van der Waals surface area contributed by atoms with Crippen LogP contribution in [0.4, 0.5) is 0 Å². The quantitative estimate of drug-likeness (QED) is 0.598. The molecule has 1 N–H and O–H groups in total. The average molecular weight is 165 g/mol. The summed E-state index contributed by atoms with van der Waals surface area (Å²) in [4.78, 5) is 13.0. The van der Waals surface area contributed by atoms with Gasteiger partial charge in [0.15, 0.2) is 0 Å². The Labute approximate surface area is 70.6 Å². The second kappa shape index (κ2) is 2.33. The second-order valence-electron chi connectivity index (χ2n) is 3.19. The third-order valence-electron chi connectivity index (χ3n) is 2.31. The molecule has 0 spiro atoms. The third-order valence-corrected chi connectivity index (χ3v) is 2.31. The number of nitrogens with zero attached hydrogens (tertiary/aromatic N) is 2. The van der Waals surface area contributed by atoms with E-state index >= 15 is 0 Å². The Morgan fingerprint density at radius 1 is 1.58 bits per heavy atom. The molecule has 64 valence electrons. The van der Waals surface area contributed by atoms with Crippen molar-refractivity contribution in [3.8, 4) is 0 Å². The van der Waals surface area contributed by atoms with Crippen molar-refractivity contribution in [3.05, 3.63) is 17.0 Å². The molecule has 4 heteroatoms. The molecule has 0 saturated carbocycles. The van der Waals surface area contributed by atoms with Gasteiger partial charge in [0.1, 0.15) is 0 Å². The summed E-state index contributed by atoms with van der Waals surface area (Å²) in [5, 5.41) is 6.94. The molecule has 0 aromatic carbocycles. The first-order valence-corrected chi connectivity index (χ1v) is 3.95. The lowest BCUT2D eigenvalue weighted by Crippen LogP contribution is -2.32. The van der Waals surface area contributed by atoms with E-state index in [0.717, 1.165) is 11.4 Å². The predicted octanol–water partition coefficient (Wildman–Crippen LogP) is 0.233. The first-order valence-electron chi connectivity index (χ1n) is 3.95. The van der Waals surface area contributed by atoms with Crippen LogP contribution < -0.4 is 0 Å². The molecular formula is C8H11N3O. The number of likely N-dealkylation sites (N-methyl/N-ethyl adjacent to an activating group) is 1. The largest absolute Gasteiger partial charge is 0.341 e. The molecule has 0 bridgehead atoms. The first kappa shape index (κ1) is 7.34. The topological polar surface area (TPSA) is 49.0 Å². The van der Waals surface area contributed by atoms with Crippen LogP contribution in [0.2, 0.25) is 0 Å². The van der Waals surface area contributed by atoms with Gasteiger partial charge in [-0.2, -0.15) is 5.10 Å². The van der Waals surface area contributed by atoms with Gasteiger partial charge in [-0.1, -0.05) is 0 Å². The highest BCUT2D eigenvalue weighted by Gasteiger charge is 2.22. The summed E-state index contributed by atoms with van der Waals surface area (Å²) in [5.74, 6) is 0.158. The number of nitrogens with one attached hydrogen (secondary N) is 1. The summed E-state index contributed by atoms with van der Waals surface area (Å²) in [5.41, 5.74) is 3.16. The number of aromatic nitrogens is 2. The summed E-state index contributed by atoms with van der Waals surface area (Å²) in [6.07, 6.45) is 0.465.